The van der Waals surface area contributed by atoms with Crippen LogP contribution in [0.5, 0.6) is 0 Å². The van der Waals surface area contributed by atoms with Gasteiger partial charge >= 0.3 is 0 Å². The minimum Gasteiger partial charge on any atom is -0.330 e. The van der Waals surface area contributed by atoms with Gasteiger partial charge in [0.25, 0.3) is 0 Å². The van der Waals surface area contributed by atoms with Crippen molar-refractivity contribution >= 4 is 11.0 Å². The lowest BCUT2D eigenvalue weighted by Crippen LogP contribution is -2.05. The van der Waals surface area contributed by atoms with Crippen LogP contribution in [0.15, 0.2) is 36.7 Å². The molecule has 1 aromatic carbocycles. The van der Waals surface area contributed by atoms with Crippen molar-refractivity contribution in [2.45, 2.75) is 33.2 Å². The van der Waals surface area contributed by atoms with Crippen LogP contribution in [-0.4, -0.2) is 21.1 Å². The number of nitrogens with zero attached hydrogens (tertiary/aromatic N) is 3. The molecule has 2 N–H and O–H groups in total. The van der Waals surface area contributed by atoms with Gasteiger partial charge in [0.15, 0.2) is 0 Å². The van der Waals surface area contributed by atoms with Gasteiger partial charge in [-0.2, -0.15) is 0 Å². The fourth-order valence-electron chi connectivity index (χ4n) is 2.74. The molecule has 0 radical (unpaired) electrons. The van der Waals surface area contributed by atoms with Gasteiger partial charge in [-0.15, -0.1) is 0 Å². The third-order valence-electron chi connectivity index (χ3n) is 4.14. The van der Waals surface area contributed by atoms with Crippen LogP contribution >= 0.6 is 0 Å². The predicted octanol–water partition coefficient (Wildman–Crippen LogP) is 3.45. The highest BCUT2D eigenvalue weighted by Crippen LogP contribution is 2.27. The minimum atomic E-state index is 0.732. The van der Waals surface area contributed by atoms with Crippen molar-refractivity contribution in [3.05, 3.63) is 47.8 Å². The summed E-state index contributed by atoms with van der Waals surface area (Å²) in [4.78, 5) is 8.97. The first-order valence-electron chi connectivity index (χ1n) is 7.78. The number of imidazole rings is 1. The molecule has 4 nitrogen and oxygen atoms in total. The third-order valence-corrected chi connectivity index (χ3v) is 4.14. The predicted molar refractivity (Wildman–Crippen MR) is 90.7 cm³/mol. The Balaban J connectivity index is 2.15. The molecule has 2 aromatic heterocycles. The molecule has 0 fully saturated rings. The Kier molecular flexibility index (Phi) is 4.20. The monoisotopic (exact) mass is 294 g/mol. The Hall–Kier alpha value is -2.20. The Morgan fingerprint density at radius 1 is 1.05 bits per heavy atom. The van der Waals surface area contributed by atoms with Gasteiger partial charge in [0.2, 0.25) is 0 Å². The summed E-state index contributed by atoms with van der Waals surface area (Å²) in [6.45, 7) is 5.95. The molecule has 114 valence electrons. The van der Waals surface area contributed by atoms with E-state index in [2.05, 4.69) is 35.5 Å². The Morgan fingerprint density at radius 3 is 2.50 bits per heavy atom. The highest BCUT2D eigenvalue weighted by atomic mass is 15.1. The number of pyridine rings is 1. The number of aryl methyl sites for hydroxylation is 3. The smallest absolute Gasteiger partial charge is 0.141 e. The van der Waals surface area contributed by atoms with Crippen molar-refractivity contribution in [2.24, 2.45) is 5.73 Å². The van der Waals surface area contributed by atoms with E-state index in [1.54, 1.807) is 0 Å². The number of unbranched alkanes of at least 4 members (excludes halogenated alkanes) is 1. The standard InChI is InChI=1S/C18H22N4/c1-13-11-16-17(12-14(13)2)22(10-4-3-7-19)18(21-16)15-5-8-20-9-6-15/h5-6,8-9,11-12H,3-4,7,10,19H2,1-2H3. The molecule has 0 aliphatic rings. The molecule has 0 unspecified atom stereocenters. The summed E-state index contributed by atoms with van der Waals surface area (Å²) in [5, 5.41) is 0. The SMILES string of the molecule is Cc1cc2nc(-c3ccncc3)n(CCCCN)c2cc1C. The highest BCUT2D eigenvalue weighted by Gasteiger charge is 2.13. The van der Waals surface area contributed by atoms with E-state index < -0.39 is 0 Å². The van der Waals surface area contributed by atoms with Crippen LogP contribution in [-0.2, 0) is 6.54 Å². The molecule has 0 saturated heterocycles. The first-order chi connectivity index (χ1) is 10.7. The molecule has 22 heavy (non-hydrogen) atoms. The lowest BCUT2D eigenvalue weighted by Gasteiger charge is -2.09. The molecule has 0 amide bonds. The maximum atomic E-state index is 5.64. The average Bonchev–Trinajstić information content (AvgIpc) is 2.87. The summed E-state index contributed by atoms with van der Waals surface area (Å²) in [6.07, 6.45) is 5.72. The zero-order chi connectivity index (χ0) is 15.5. The van der Waals surface area contributed by atoms with Crippen molar-refractivity contribution in [1.29, 1.82) is 0 Å². The van der Waals surface area contributed by atoms with Gasteiger partial charge in [-0.3, -0.25) is 4.98 Å². The summed E-state index contributed by atoms with van der Waals surface area (Å²) >= 11 is 0. The fourth-order valence-corrected chi connectivity index (χ4v) is 2.74. The molecule has 0 aliphatic carbocycles. The van der Waals surface area contributed by atoms with Crippen molar-refractivity contribution in [2.75, 3.05) is 6.54 Å². The lowest BCUT2D eigenvalue weighted by atomic mass is 10.1. The molecule has 0 aliphatic heterocycles. The number of fused-ring (bicyclic) bond motifs is 1. The second-order valence-electron chi connectivity index (χ2n) is 5.74. The van der Waals surface area contributed by atoms with Crippen LogP contribution in [0.4, 0.5) is 0 Å². The zero-order valence-corrected chi connectivity index (χ0v) is 13.2. The van der Waals surface area contributed by atoms with Gasteiger partial charge in [-0.1, -0.05) is 0 Å². The number of hydrogen-bond acceptors (Lipinski definition) is 3. The van der Waals surface area contributed by atoms with Crippen LogP contribution < -0.4 is 5.73 Å². The second kappa shape index (κ2) is 6.28. The molecule has 3 rings (SSSR count). The quantitative estimate of drug-likeness (QED) is 0.733. The average molecular weight is 294 g/mol. The molecule has 0 saturated carbocycles. The minimum absolute atomic E-state index is 0.732. The van der Waals surface area contributed by atoms with Crippen molar-refractivity contribution in [1.82, 2.24) is 14.5 Å². The van der Waals surface area contributed by atoms with Crippen molar-refractivity contribution in [3.8, 4) is 11.4 Å². The summed E-state index contributed by atoms with van der Waals surface area (Å²) < 4.78 is 2.31. The van der Waals surface area contributed by atoms with Gasteiger partial charge in [-0.05, 0) is 68.6 Å². The Labute approximate surface area is 131 Å². The van der Waals surface area contributed by atoms with Gasteiger partial charge in [0.05, 0.1) is 11.0 Å². The van der Waals surface area contributed by atoms with Crippen molar-refractivity contribution < 1.29 is 0 Å². The van der Waals surface area contributed by atoms with E-state index in [1.165, 1.54) is 16.6 Å². The van der Waals surface area contributed by atoms with Crippen LogP contribution in [0.25, 0.3) is 22.4 Å². The normalized spacial score (nSPS) is 11.2. The van der Waals surface area contributed by atoms with Gasteiger partial charge < -0.3 is 10.3 Å². The molecule has 0 bridgehead atoms. The number of aromatic nitrogens is 3. The molecule has 0 atom stereocenters. The van der Waals surface area contributed by atoms with Crippen LogP contribution in [0.3, 0.4) is 0 Å². The van der Waals surface area contributed by atoms with E-state index in [0.717, 1.165) is 42.8 Å². The van der Waals surface area contributed by atoms with E-state index in [-0.39, 0.29) is 0 Å². The summed E-state index contributed by atoms with van der Waals surface area (Å²) in [5.41, 5.74) is 11.6. The third kappa shape index (κ3) is 2.74. The first-order valence-corrected chi connectivity index (χ1v) is 7.78. The van der Waals surface area contributed by atoms with Crippen LogP contribution in [0, 0.1) is 13.8 Å². The molecule has 3 aromatic rings. The van der Waals surface area contributed by atoms with Gasteiger partial charge in [0, 0.05) is 24.5 Å². The number of benzene rings is 1. The summed E-state index contributed by atoms with van der Waals surface area (Å²) in [7, 11) is 0. The summed E-state index contributed by atoms with van der Waals surface area (Å²) in [6, 6.07) is 8.44. The second-order valence-corrected chi connectivity index (χ2v) is 5.74. The van der Waals surface area contributed by atoms with Crippen LogP contribution in [0.1, 0.15) is 24.0 Å². The van der Waals surface area contributed by atoms with E-state index >= 15 is 0 Å². The van der Waals surface area contributed by atoms with Gasteiger partial charge in [0.1, 0.15) is 5.82 Å². The number of hydrogen-bond donors (Lipinski definition) is 1. The molecule has 0 spiro atoms. The molecule has 4 heteroatoms. The van der Waals surface area contributed by atoms with E-state index in [1.807, 2.05) is 24.5 Å². The van der Waals surface area contributed by atoms with E-state index in [4.69, 9.17) is 10.7 Å². The van der Waals surface area contributed by atoms with Gasteiger partial charge in [-0.25, -0.2) is 4.98 Å². The molecular weight excluding hydrogens is 272 g/mol. The maximum Gasteiger partial charge on any atom is 0.141 e. The zero-order valence-electron chi connectivity index (χ0n) is 13.2. The fraction of sp³-hybridized carbons (Fsp3) is 0.333. The molecule has 2 heterocycles. The Morgan fingerprint density at radius 2 is 1.77 bits per heavy atom. The number of nitrogens with two attached hydrogens (primary N) is 1. The first kappa shape index (κ1) is 14.7. The van der Waals surface area contributed by atoms with E-state index in [0.29, 0.717) is 0 Å². The van der Waals surface area contributed by atoms with E-state index in [9.17, 15) is 0 Å². The number of rotatable bonds is 5. The Bertz CT molecular complexity index is 775. The lowest BCUT2D eigenvalue weighted by molar-refractivity contribution is 0.631. The topological polar surface area (TPSA) is 56.7 Å². The molecular formula is C18H22N4. The van der Waals surface area contributed by atoms with Crippen LogP contribution in [0.2, 0.25) is 0 Å². The summed E-state index contributed by atoms with van der Waals surface area (Å²) in [5.74, 6) is 1.01. The van der Waals surface area contributed by atoms with Crippen molar-refractivity contribution in [3.63, 3.8) is 0 Å². The largest absolute Gasteiger partial charge is 0.330 e. The maximum absolute atomic E-state index is 5.64. The highest BCUT2D eigenvalue weighted by molar-refractivity contribution is 5.82.